The van der Waals surface area contributed by atoms with Gasteiger partial charge in [0, 0.05) is 24.9 Å². The van der Waals surface area contributed by atoms with Gasteiger partial charge in [0.05, 0.1) is 23.4 Å². The largest absolute Gasteiger partial charge is 0.573 e. The molecule has 0 fully saturated rings. The zero-order valence-electron chi connectivity index (χ0n) is 18.5. The van der Waals surface area contributed by atoms with E-state index in [1.165, 1.54) is 24.9 Å². The molecule has 1 aromatic carbocycles. The molecule has 2 aromatic heterocycles. The molecule has 0 aliphatic carbocycles. The highest BCUT2D eigenvalue weighted by atomic mass is 32.2. The van der Waals surface area contributed by atoms with Gasteiger partial charge in [0.15, 0.2) is 5.44 Å². The number of anilines is 1. The Labute approximate surface area is 207 Å². The Morgan fingerprint density at radius 1 is 1.31 bits per heavy atom. The summed E-state index contributed by atoms with van der Waals surface area (Å²) in [6.07, 6.45) is -4.02. The van der Waals surface area contributed by atoms with Gasteiger partial charge in [-0.05, 0) is 30.0 Å². The molecular weight excluding hydrogens is 527 g/mol. The number of rotatable bonds is 8. The second-order valence-corrected chi connectivity index (χ2v) is 11.8. The molecule has 0 bridgehead atoms. The molecule has 0 spiro atoms. The van der Waals surface area contributed by atoms with Crippen LogP contribution in [-0.4, -0.2) is 49.8 Å². The van der Waals surface area contributed by atoms with Gasteiger partial charge in [0.25, 0.3) is 10.0 Å². The van der Waals surface area contributed by atoms with Crippen molar-refractivity contribution in [3.05, 3.63) is 41.4 Å². The quantitative estimate of drug-likeness (QED) is 0.393. The number of H-pyrrole nitrogens is 1. The summed E-state index contributed by atoms with van der Waals surface area (Å²) in [7, 11) is -2.78. The van der Waals surface area contributed by atoms with E-state index in [4.69, 9.17) is 4.74 Å². The molecule has 1 atom stereocenters. The van der Waals surface area contributed by atoms with Crippen molar-refractivity contribution in [1.29, 1.82) is 0 Å². The number of carbonyl (C=O) groups is 1. The molecular formula is C21H20F3N3O5S3. The van der Waals surface area contributed by atoms with E-state index in [0.29, 0.717) is 22.5 Å². The van der Waals surface area contributed by atoms with Crippen LogP contribution in [0.5, 0.6) is 5.75 Å². The monoisotopic (exact) mass is 547 g/mol. The summed E-state index contributed by atoms with van der Waals surface area (Å²) in [5.74, 6) is -0.902. The van der Waals surface area contributed by atoms with Crippen LogP contribution in [-0.2, 0) is 19.6 Å². The summed E-state index contributed by atoms with van der Waals surface area (Å²) in [6.45, 7) is 2.09. The second-order valence-electron chi connectivity index (χ2n) is 7.48. The van der Waals surface area contributed by atoms with Gasteiger partial charge < -0.3 is 14.5 Å². The standard InChI is InChI=1S/C21H20F3N3O5S3/c1-3-5-16(28)31-17-11-25-20(34-17)14-9-12-8-13(32-21(22,23)24)10-15(19(12)26-14)27(2)35(29,30)18-6-4-7-33-18/h4,6-10,17,26H,3,5,11H2,1-2H3. The van der Waals surface area contributed by atoms with Crippen molar-refractivity contribution in [2.24, 2.45) is 4.99 Å². The number of aliphatic imine (C=N–C) groups is 1. The first-order valence-corrected chi connectivity index (χ1v) is 13.5. The van der Waals surface area contributed by atoms with Gasteiger partial charge in [-0.15, -0.1) is 24.5 Å². The molecule has 0 saturated heterocycles. The number of carbonyl (C=O) groups excluding carboxylic acids is 1. The van der Waals surface area contributed by atoms with Gasteiger partial charge in [-0.25, -0.2) is 8.42 Å². The minimum Gasteiger partial charge on any atom is -0.449 e. The summed E-state index contributed by atoms with van der Waals surface area (Å²) in [4.78, 5) is 19.2. The van der Waals surface area contributed by atoms with Gasteiger partial charge >= 0.3 is 12.3 Å². The number of nitrogens with zero attached hydrogens (tertiary/aromatic N) is 2. The van der Waals surface area contributed by atoms with E-state index < -0.39 is 27.6 Å². The summed E-state index contributed by atoms with van der Waals surface area (Å²) in [5.41, 5.74) is 0.190. The number of esters is 1. The third-order valence-electron chi connectivity index (χ3n) is 4.94. The van der Waals surface area contributed by atoms with Crippen molar-refractivity contribution in [2.75, 3.05) is 17.9 Å². The van der Waals surface area contributed by atoms with Crippen molar-refractivity contribution in [2.45, 2.75) is 35.8 Å². The molecule has 0 radical (unpaired) electrons. The van der Waals surface area contributed by atoms with Crippen LogP contribution in [0.25, 0.3) is 10.9 Å². The highest BCUT2D eigenvalue weighted by Gasteiger charge is 2.33. The van der Waals surface area contributed by atoms with Gasteiger partial charge in [0.2, 0.25) is 0 Å². The van der Waals surface area contributed by atoms with E-state index >= 15 is 0 Å². The SMILES string of the molecule is CCCC(=O)OC1CN=C(c2cc3cc(OC(F)(F)F)cc(N(C)S(=O)(=O)c4cccs4)c3[nH]2)S1. The minimum absolute atomic E-state index is 0.0316. The third-order valence-corrected chi connectivity index (χ3v) is 9.16. The fourth-order valence-electron chi connectivity index (χ4n) is 3.41. The molecule has 3 heterocycles. The average Bonchev–Trinajstić information content (AvgIpc) is 3.52. The van der Waals surface area contributed by atoms with Crippen LogP contribution in [0.1, 0.15) is 25.5 Å². The van der Waals surface area contributed by atoms with Gasteiger partial charge in [-0.2, -0.15) is 0 Å². The van der Waals surface area contributed by atoms with Crippen molar-refractivity contribution in [1.82, 2.24) is 4.98 Å². The van der Waals surface area contributed by atoms with Crippen LogP contribution in [0.15, 0.2) is 44.9 Å². The van der Waals surface area contributed by atoms with Crippen molar-refractivity contribution in [3.63, 3.8) is 0 Å². The fraction of sp³-hybridized carbons (Fsp3) is 0.333. The number of ether oxygens (including phenoxy) is 2. The fourth-order valence-corrected chi connectivity index (χ4v) is 6.70. The number of nitrogens with one attached hydrogen (secondary N) is 1. The van der Waals surface area contributed by atoms with Crippen LogP contribution < -0.4 is 9.04 Å². The zero-order chi connectivity index (χ0) is 25.4. The molecule has 4 rings (SSSR count). The summed E-state index contributed by atoms with van der Waals surface area (Å²) in [5, 5.41) is 2.37. The molecule has 3 aromatic rings. The van der Waals surface area contributed by atoms with Crippen LogP contribution in [0.4, 0.5) is 18.9 Å². The number of alkyl halides is 3. The van der Waals surface area contributed by atoms with E-state index in [2.05, 4.69) is 14.7 Å². The number of thioether (sulfide) groups is 1. The maximum atomic E-state index is 13.1. The number of aromatic nitrogens is 1. The van der Waals surface area contributed by atoms with Gasteiger partial charge in [-0.1, -0.05) is 24.8 Å². The van der Waals surface area contributed by atoms with E-state index in [9.17, 15) is 26.4 Å². The lowest BCUT2D eigenvalue weighted by molar-refractivity contribution is -0.274. The molecule has 8 nitrogen and oxygen atoms in total. The van der Waals surface area contributed by atoms with Crippen LogP contribution in [0.2, 0.25) is 0 Å². The third kappa shape index (κ3) is 5.59. The summed E-state index contributed by atoms with van der Waals surface area (Å²) < 4.78 is 75.4. The molecule has 1 aliphatic rings. The van der Waals surface area contributed by atoms with E-state index in [1.54, 1.807) is 17.5 Å². The molecule has 14 heteroatoms. The van der Waals surface area contributed by atoms with Crippen molar-refractivity contribution in [3.8, 4) is 5.75 Å². The molecule has 0 amide bonds. The predicted molar refractivity (Wildman–Crippen MR) is 129 cm³/mol. The molecule has 35 heavy (non-hydrogen) atoms. The number of thiophene rings is 1. The van der Waals surface area contributed by atoms with E-state index in [1.807, 2.05) is 6.92 Å². The normalized spacial score (nSPS) is 16.4. The molecule has 0 saturated carbocycles. The zero-order valence-corrected chi connectivity index (χ0v) is 20.9. The van der Waals surface area contributed by atoms with Crippen LogP contribution in [0.3, 0.4) is 0 Å². The predicted octanol–water partition coefficient (Wildman–Crippen LogP) is 5.12. The number of hydrogen-bond donors (Lipinski definition) is 1. The molecule has 188 valence electrons. The molecule has 1 N–H and O–H groups in total. The van der Waals surface area contributed by atoms with Gasteiger partial charge in [-0.3, -0.25) is 14.1 Å². The van der Waals surface area contributed by atoms with E-state index in [0.717, 1.165) is 27.8 Å². The first kappa shape index (κ1) is 25.4. The molecule has 1 unspecified atom stereocenters. The lowest BCUT2D eigenvalue weighted by Gasteiger charge is -2.20. The first-order chi connectivity index (χ1) is 16.5. The Bertz CT molecular complexity index is 1370. The number of halogens is 3. The summed E-state index contributed by atoms with van der Waals surface area (Å²) >= 11 is 2.19. The molecule has 1 aliphatic heterocycles. The number of hydrogen-bond acceptors (Lipinski definition) is 8. The van der Waals surface area contributed by atoms with Crippen LogP contribution >= 0.6 is 23.1 Å². The maximum absolute atomic E-state index is 13.1. The Morgan fingerprint density at radius 2 is 2.09 bits per heavy atom. The number of benzene rings is 1. The topological polar surface area (TPSA) is 101 Å². The van der Waals surface area contributed by atoms with Crippen molar-refractivity contribution >= 4 is 60.7 Å². The number of sulfonamides is 1. The number of aromatic amines is 1. The lowest BCUT2D eigenvalue weighted by Crippen LogP contribution is -2.26. The lowest BCUT2D eigenvalue weighted by atomic mass is 10.2. The Kier molecular flexibility index (Phi) is 7.06. The second kappa shape index (κ2) is 9.74. The minimum atomic E-state index is -4.96. The van der Waals surface area contributed by atoms with Crippen LogP contribution in [0, 0.1) is 0 Å². The highest BCUT2D eigenvalue weighted by molar-refractivity contribution is 8.15. The Hall–Kier alpha value is -2.71. The Balaban J connectivity index is 1.71. The first-order valence-electron chi connectivity index (χ1n) is 10.3. The smallest absolute Gasteiger partial charge is 0.449 e. The van der Waals surface area contributed by atoms with E-state index in [-0.39, 0.29) is 34.3 Å². The average molecular weight is 548 g/mol. The van der Waals surface area contributed by atoms with Crippen molar-refractivity contribution < 1.29 is 35.9 Å². The summed E-state index contributed by atoms with van der Waals surface area (Å²) in [6, 6.07) is 6.71. The van der Waals surface area contributed by atoms with Gasteiger partial charge in [0.1, 0.15) is 15.0 Å². The maximum Gasteiger partial charge on any atom is 0.573 e. The highest BCUT2D eigenvalue weighted by Crippen LogP contribution is 2.38. The Morgan fingerprint density at radius 3 is 2.74 bits per heavy atom. The number of fused-ring (bicyclic) bond motifs is 1.